The van der Waals surface area contributed by atoms with Gasteiger partial charge in [0.2, 0.25) is 0 Å². The molecule has 6 nitrogen and oxygen atoms in total. The first kappa shape index (κ1) is 9.27. The highest BCUT2D eigenvalue weighted by molar-refractivity contribution is 7.91. The lowest BCUT2D eigenvalue weighted by Gasteiger charge is -2.08. The van der Waals surface area contributed by atoms with Crippen molar-refractivity contribution in [2.75, 3.05) is 11.5 Å². The van der Waals surface area contributed by atoms with Crippen LogP contribution in [0.15, 0.2) is 0 Å². The molecule has 70 valence electrons. The van der Waals surface area contributed by atoms with E-state index in [4.69, 9.17) is 5.84 Å². The molecule has 1 saturated heterocycles. The molecule has 0 spiro atoms. The first-order valence-electron chi connectivity index (χ1n) is 3.51. The van der Waals surface area contributed by atoms with Crippen LogP contribution < -0.4 is 16.6 Å². The van der Waals surface area contributed by atoms with Gasteiger partial charge < -0.3 is 5.32 Å². The zero-order chi connectivity index (χ0) is 9.19. The summed E-state index contributed by atoms with van der Waals surface area (Å²) >= 11 is 0. The number of urea groups is 1. The molecular formula is C5H11N3O3S. The Morgan fingerprint density at radius 3 is 2.58 bits per heavy atom. The summed E-state index contributed by atoms with van der Waals surface area (Å²) in [5, 5.41) is 2.43. The highest BCUT2D eigenvalue weighted by atomic mass is 32.2. The zero-order valence-corrected chi connectivity index (χ0v) is 7.23. The summed E-state index contributed by atoms with van der Waals surface area (Å²) in [5.41, 5.74) is 1.87. The van der Waals surface area contributed by atoms with Crippen LogP contribution in [0.2, 0.25) is 0 Å². The van der Waals surface area contributed by atoms with E-state index in [-0.39, 0.29) is 17.5 Å². The second-order valence-corrected chi connectivity index (χ2v) is 4.95. The van der Waals surface area contributed by atoms with Gasteiger partial charge in [0.25, 0.3) is 0 Å². The van der Waals surface area contributed by atoms with Gasteiger partial charge in [0.1, 0.15) is 0 Å². The maximum atomic E-state index is 10.9. The molecule has 12 heavy (non-hydrogen) atoms. The van der Waals surface area contributed by atoms with Crippen molar-refractivity contribution in [3.05, 3.63) is 0 Å². The van der Waals surface area contributed by atoms with Crippen molar-refractivity contribution < 1.29 is 13.2 Å². The number of carbonyl (C=O) groups is 1. The number of nitrogens with two attached hydrogens (primary N) is 1. The summed E-state index contributed by atoms with van der Waals surface area (Å²) in [6, 6.07) is -0.837. The molecule has 1 rings (SSSR count). The maximum Gasteiger partial charge on any atom is 0.329 e. The molecule has 0 aromatic heterocycles. The van der Waals surface area contributed by atoms with Gasteiger partial charge >= 0.3 is 6.03 Å². The van der Waals surface area contributed by atoms with E-state index in [1.54, 1.807) is 0 Å². The van der Waals surface area contributed by atoms with Crippen LogP contribution in [0.3, 0.4) is 0 Å². The topological polar surface area (TPSA) is 101 Å². The summed E-state index contributed by atoms with van der Waals surface area (Å²) in [5.74, 6) is 4.96. The average molecular weight is 193 g/mol. The molecule has 0 bridgehead atoms. The van der Waals surface area contributed by atoms with Gasteiger partial charge in [-0.2, -0.15) is 0 Å². The first-order valence-corrected chi connectivity index (χ1v) is 5.33. The third-order valence-electron chi connectivity index (χ3n) is 1.70. The smallest absolute Gasteiger partial charge is 0.329 e. The van der Waals surface area contributed by atoms with E-state index >= 15 is 0 Å². The largest absolute Gasteiger partial charge is 0.333 e. The van der Waals surface area contributed by atoms with Gasteiger partial charge in [-0.05, 0) is 6.42 Å². The van der Waals surface area contributed by atoms with Crippen LogP contribution in [0, 0.1) is 0 Å². The Bertz CT molecular complexity index is 274. The van der Waals surface area contributed by atoms with Gasteiger partial charge in [-0.25, -0.2) is 19.1 Å². The third-order valence-corrected chi connectivity index (χ3v) is 3.47. The molecule has 4 N–H and O–H groups in total. The molecule has 0 saturated carbocycles. The summed E-state index contributed by atoms with van der Waals surface area (Å²) in [6.07, 6.45) is 0.468. The molecule has 2 amide bonds. The Balaban J connectivity index is 2.43. The summed E-state index contributed by atoms with van der Waals surface area (Å²) in [6.45, 7) is 0. The van der Waals surface area contributed by atoms with Crippen LogP contribution in [-0.4, -0.2) is 32.0 Å². The van der Waals surface area contributed by atoms with Gasteiger partial charge in [0.15, 0.2) is 9.84 Å². The monoisotopic (exact) mass is 193 g/mol. The molecule has 1 aliphatic rings. The van der Waals surface area contributed by atoms with E-state index in [0.717, 1.165) is 0 Å². The number of hydrogen-bond donors (Lipinski definition) is 3. The van der Waals surface area contributed by atoms with Gasteiger partial charge in [0.05, 0.1) is 11.5 Å². The van der Waals surface area contributed by atoms with Crippen molar-refractivity contribution in [3.8, 4) is 0 Å². The SMILES string of the molecule is NNC(=O)NC1CCS(=O)(=O)C1. The second-order valence-electron chi connectivity index (χ2n) is 2.72. The predicted molar refractivity (Wildman–Crippen MR) is 42.9 cm³/mol. The van der Waals surface area contributed by atoms with E-state index in [1.807, 2.05) is 5.43 Å². The fourth-order valence-electron chi connectivity index (χ4n) is 1.14. The van der Waals surface area contributed by atoms with Crippen molar-refractivity contribution in [1.82, 2.24) is 10.7 Å². The summed E-state index contributed by atoms with van der Waals surface area (Å²) < 4.78 is 21.8. The quantitative estimate of drug-likeness (QED) is 0.264. The molecule has 1 aliphatic heterocycles. The molecule has 1 heterocycles. The molecule has 1 unspecified atom stereocenters. The lowest BCUT2D eigenvalue weighted by molar-refractivity contribution is 0.238. The van der Waals surface area contributed by atoms with Gasteiger partial charge in [-0.15, -0.1) is 0 Å². The molecule has 1 fully saturated rings. The van der Waals surface area contributed by atoms with Crippen molar-refractivity contribution in [2.24, 2.45) is 5.84 Å². The molecular weight excluding hydrogens is 182 g/mol. The standard InChI is InChI=1S/C5H11N3O3S/c6-8-5(9)7-4-1-2-12(10,11)3-4/h4H,1-3,6H2,(H2,7,8,9). The van der Waals surface area contributed by atoms with Crippen molar-refractivity contribution >= 4 is 15.9 Å². The van der Waals surface area contributed by atoms with E-state index in [1.165, 1.54) is 0 Å². The molecule has 0 aliphatic carbocycles. The Labute approximate surface area is 70.4 Å². The third kappa shape index (κ3) is 2.35. The van der Waals surface area contributed by atoms with Gasteiger partial charge in [-0.1, -0.05) is 0 Å². The molecule has 1 atom stereocenters. The van der Waals surface area contributed by atoms with Crippen molar-refractivity contribution in [2.45, 2.75) is 12.5 Å². The van der Waals surface area contributed by atoms with Crippen molar-refractivity contribution in [3.63, 3.8) is 0 Å². The highest BCUT2D eigenvalue weighted by Gasteiger charge is 2.28. The van der Waals surface area contributed by atoms with E-state index in [9.17, 15) is 13.2 Å². The lowest BCUT2D eigenvalue weighted by atomic mass is 10.3. The predicted octanol–water partition coefficient (Wildman–Crippen LogP) is -1.65. The normalized spacial score (nSPS) is 26.6. The number of amides is 2. The van der Waals surface area contributed by atoms with Crippen LogP contribution in [-0.2, 0) is 9.84 Å². The molecule has 0 radical (unpaired) electrons. The number of nitrogens with one attached hydrogen (secondary N) is 2. The molecule has 7 heteroatoms. The summed E-state index contributed by atoms with van der Waals surface area (Å²) in [7, 11) is -2.93. The van der Waals surface area contributed by atoms with E-state index in [0.29, 0.717) is 6.42 Å². The Morgan fingerprint density at radius 1 is 1.50 bits per heavy atom. The lowest BCUT2D eigenvalue weighted by Crippen LogP contribution is -2.45. The summed E-state index contributed by atoms with van der Waals surface area (Å²) in [4.78, 5) is 10.6. The number of hydrogen-bond acceptors (Lipinski definition) is 4. The van der Waals surface area contributed by atoms with Crippen LogP contribution in [0.25, 0.3) is 0 Å². The fourth-order valence-corrected chi connectivity index (χ4v) is 2.81. The van der Waals surface area contributed by atoms with Gasteiger partial charge in [0, 0.05) is 6.04 Å². The zero-order valence-electron chi connectivity index (χ0n) is 6.41. The van der Waals surface area contributed by atoms with Crippen LogP contribution in [0.4, 0.5) is 4.79 Å². The van der Waals surface area contributed by atoms with E-state index < -0.39 is 15.9 Å². The minimum Gasteiger partial charge on any atom is -0.333 e. The Morgan fingerprint density at radius 2 is 2.17 bits per heavy atom. The maximum absolute atomic E-state index is 10.9. The number of rotatable bonds is 1. The number of sulfone groups is 1. The van der Waals surface area contributed by atoms with Crippen LogP contribution in [0.5, 0.6) is 0 Å². The van der Waals surface area contributed by atoms with Crippen molar-refractivity contribution in [1.29, 1.82) is 0 Å². The Kier molecular flexibility index (Phi) is 2.53. The fraction of sp³-hybridized carbons (Fsp3) is 0.800. The first-order chi connectivity index (χ1) is 5.53. The number of carbonyl (C=O) groups excluding carboxylic acids is 1. The minimum atomic E-state index is -2.93. The van der Waals surface area contributed by atoms with E-state index in [2.05, 4.69) is 5.32 Å². The highest BCUT2D eigenvalue weighted by Crippen LogP contribution is 2.10. The minimum absolute atomic E-state index is 0.0143. The average Bonchev–Trinajstić information content (AvgIpc) is 2.30. The molecule has 0 aromatic rings. The second kappa shape index (κ2) is 3.28. The van der Waals surface area contributed by atoms with Crippen LogP contribution >= 0.6 is 0 Å². The molecule has 0 aromatic carbocycles. The van der Waals surface area contributed by atoms with Gasteiger partial charge in [-0.3, -0.25) is 5.43 Å². The number of hydrazine groups is 1. The van der Waals surface area contributed by atoms with Crippen LogP contribution in [0.1, 0.15) is 6.42 Å². The Hall–Kier alpha value is -0.820.